The molecule has 5 nitrogen and oxygen atoms in total. The van der Waals surface area contributed by atoms with Gasteiger partial charge in [-0.05, 0) is 57.8 Å². The molecule has 1 amide bonds. The molecule has 0 saturated heterocycles. The van der Waals surface area contributed by atoms with E-state index >= 15 is 0 Å². The van der Waals surface area contributed by atoms with Crippen LogP contribution in [-0.2, 0) is 19.1 Å². The molecule has 0 aliphatic carbocycles. The Hall–Kier alpha value is -1.10. The van der Waals surface area contributed by atoms with Crippen LogP contribution < -0.4 is 0 Å². The third-order valence-corrected chi connectivity index (χ3v) is 9.25. The van der Waals surface area contributed by atoms with Crippen molar-refractivity contribution in [1.29, 1.82) is 0 Å². The number of amides is 1. The van der Waals surface area contributed by atoms with Crippen LogP contribution in [0.1, 0.15) is 214 Å². The van der Waals surface area contributed by atoms with Crippen molar-refractivity contribution >= 4 is 11.9 Å². The highest BCUT2D eigenvalue weighted by atomic mass is 16.5. The zero-order valence-corrected chi connectivity index (χ0v) is 31.2. The third-order valence-electron chi connectivity index (χ3n) is 9.25. The van der Waals surface area contributed by atoms with Gasteiger partial charge in [-0.15, -0.1) is 0 Å². The van der Waals surface area contributed by atoms with E-state index in [0.717, 1.165) is 51.7 Å². The Morgan fingerprint density at radius 3 is 1.31 bits per heavy atom. The minimum Gasteiger partial charge on any atom is -0.462 e. The van der Waals surface area contributed by atoms with Crippen molar-refractivity contribution in [1.82, 2.24) is 4.90 Å². The summed E-state index contributed by atoms with van der Waals surface area (Å²) in [7, 11) is 0. The van der Waals surface area contributed by atoms with Crippen LogP contribution in [0.3, 0.4) is 0 Å². The predicted molar refractivity (Wildman–Crippen MR) is 194 cm³/mol. The second kappa shape index (κ2) is 34.2. The van der Waals surface area contributed by atoms with Gasteiger partial charge in [0, 0.05) is 33.0 Å². The van der Waals surface area contributed by atoms with Gasteiger partial charge in [0.1, 0.15) is 6.10 Å². The minimum absolute atomic E-state index is 0.0566. The first kappa shape index (κ1) is 43.9. The minimum atomic E-state index is -0.0885. The number of rotatable bonds is 35. The Balaban J connectivity index is 4.45. The molecule has 45 heavy (non-hydrogen) atoms. The molecule has 0 spiro atoms. The highest BCUT2D eigenvalue weighted by molar-refractivity contribution is 5.73. The van der Waals surface area contributed by atoms with Crippen molar-refractivity contribution in [2.45, 2.75) is 227 Å². The molecule has 0 unspecified atom stereocenters. The molecule has 0 rings (SSSR count). The summed E-state index contributed by atoms with van der Waals surface area (Å²) < 4.78 is 12.4. The zero-order chi connectivity index (χ0) is 33.2. The summed E-state index contributed by atoms with van der Waals surface area (Å²) in [6.45, 7) is 12.8. The molecule has 0 radical (unpaired) electrons. The topological polar surface area (TPSA) is 55.8 Å². The molecule has 0 heterocycles. The van der Waals surface area contributed by atoms with Crippen LogP contribution in [0.25, 0.3) is 0 Å². The number of esters is 1. The molecule has 0 N–H and O–H groups in total. The first-order valence-electron chi connectivity index (χ1n) is 20.0. The van der Waals surface area contributed by atoms with Gasteiger partial charge in [0.05, 0.1) is 6.10 Å². The lowest BCUT2D eigenvalue weighted by Crippen LogP contribution is -2.31. The molecular formula is C40H79NO4. The van der Waals surface area contributed by atoms with Crippen molar-refractivity contribution in [2.75, 3.05) is 19.7 Å². The molecule has 0 aromatic rings. The lowest BCUT2D eigenvalue weighted by atomic mass is 10.0. The average molecular weight is 638 g/mol. The molecule has 5 heteroatoms. The molecular weight excluding hydrogens is 558 g/mol. The van der Waals surface area contributed by atoms with E-state index < -0.39 is 0 Å². The van der Waals surface area contributed by atoms with Gasteiger partial charge in [0.15, 0.2) is 0 Å². The van der Waals surface area contributed by atoms with Crippen molar-refractivity contribution in [3.8, 4) is 0 Å². The smallest absolute Gasteiger partial charge is 0.306 e. The van der Waals surface area contributed by atoms with Crippen molar-refractivity contribution < 1.29 is 19.1 Å². The van der Waals surface area contributed by atoms with Gasteiger partial charge < -0.3 is 14.4 Å². The number of unbranched alkanes of at least 4 members (excludes halogenated alkanes) is 17. The van der Waals surface area contributed by atoms with Crippen LogP contribution in [0.15, 0.2) is 0 Å². The Kier molecular flexibility index (Phi) is 33.4. The van der Waals surface area contributed by atoms with Gasteiger partial charge >= 0.3 is 5.97 Å². The fraction of sp³-hybridized carbons (Fsp3) is 0.950. The highest BCUT2D eigenvalue weighted by Gasteiger charge is 2.16. The summed E-state index contributed by atoms with van der Waals surface area (Å²) in [4.78, 5) is 27.0. The van der Waals surface area contributed by atoms with Crippen LogP contribution in [0.5, 0.6) is 0 Å². The maximum Gasteiger partial charge on any atom is 0.306 e. The Morgan fingerprint density at radius 1 is 0.489 bits per heavy atom. The normalized spacial score (nSPS) is 11.5. The van der Waals surface area contributed by atoms with E-state index in [9.17, 15) is 9.59 Å². The molecule has 0 fully saturated rings. The average Bonchev–Trinajstić information content (AvgIpc) is 3.02. The van der Waals surface area contributed by atoms with Crippen molar-refractivity contribution in [3.05, 3.63) is 0 Å². The Labute approximate surface area is 281 Å². The number of hydrogen-bond donors (Lipinski definition) is 0. The highest BCUT2D eigenvalue weighted by Crippen LogP contribution is 2.19. The molecule has 0 atom stereocenters. The van der Waals surface area contributed by atoms with Crippen molar-refractivity contribution in [3.63, 3.8) is 0 Å². The first-order valence-corrected chi connectivity index (χ1v) is 20.0. The Morgan fingerprint density at radius 2 is 0.889 bits per heavy atom. The van der Waals surface area contributed by atoms with Gasteiger partial charge in [0.25, 0.3) is 0 Å². The summed E-state index contributed by atoms with van der Waals surface area (Å²) in [5.41, 5.74) is 0. The third kappa shape index (κ3) is 30.0. The number of carbonyl (C=O) groups excluding carboxylic acids is 2. The number of hydrogen-bond acceptors (Lipinski definition) is 4. The fourth-order valence-electron chi connectivity index (χ4n) is 6.22. The van der Waals surface area contributed by atoms with Gasteiger partial charge in [-0.2, -0.15) is 0 Å². The standard InChI is InChI=1S/C40H79NO4/c1-6-10-14-18-22-29-38(30-23-19-15-11-7-2)44-36-27-26-34-41(37(5)42)35-28-33-40(43)45-39(31-24-20-16-12-8-3)32-25-21-17-13-9-4/h38-39H,6-36H2,1-5H3. The molecule has 0 aliphatic heterocycles. The summed E-state index contributed by atoms with van der Waals surface area (Å²) in [6.07, 6.45) is 33.3. The van der Waals surface area contributed by atoms with Gasteiger partial charge in [0.2, 0.25) is 5.91 Å². The van der Waals surface area contributed by atoms with E-state index in [-0.39, 0.29) is 18.0 Å². The van der Waals surface area contributed by atoms with Crippen LogP contribution >= 0.6 is 0 Å². The summed E-state index contributed by atoms with van der Waals surface area (Å²) in [6, 6.07) is 0. The molecule has 0 aromatic heterocycles. The van der Waals surface area contributed by atoms with E-state index in [1.54, 1.807) is 6.92 Å². The summed E-state index contributed by atoms with van der Waals surface area (Å²) in [5, 5.41) is 0. The van der Waals surface area contributed by atoms with Crippen LogP contribution in [-0.4, -0.2) is 48.7 Å². The van der Waals surface area contributed by atoms with Gasteiger partial charge in [-0.3, -0.25) is 9.59 Å². The maximum atomic E-state index is 12.7. The summed E-state index contributed by atoms with van der Waals surface area (Å²) in [5.74, 6) is 0.00723. The molecule has 268 valence electrons. The van der Waals surface area contributed by atoms with Gasteiger partial charge in [-0.1, -0.05) is 143 Å². The van der Waals surface area contributed by atoms with E-state index in [1.807, 2.05) is 4.90 Å². The molecule has 0 bridgehead atoms. The monoisotopic (exact) mass is 638 g/mol. The Bertz CT molecular complexity index is 612. The largest absolute Gasteiger partial charge is 0.462 e. The predicted octanol–water partition coefficient (Wildman–Crippen LogP) is 12.1. The van der Waals surface area contributed by atoms with Crippen LogP contribution in [0, 0.1) is 0 Å². The molecule has 0 saturated carbocycles. The van der Waals surface area contributed by atoms with Crippen LogP contribution in [0.2, 0.25) is 0 Å². The van der Waals surface area contributed by atoms with Gasteiger partial charge in [-0.25, -0.2) is 0 Å². The summed E-state index contributed by atoms with van der Waals surface area (Å²) >= 11 is 0. The fourth-order valence-corrected chi connectivity index (χ4v) is 6.22. The van der Waals surface area contributed by atoms with E-state index in [0.29, 0.717) is 25.5 Å². The SMILES string of the molecule is CCCCCCCC(CCCCCCC)OCCCCN(CCCC(=O)OC(CCCCCCC)CCCCCCC)C(C)=O. The lowest BCUT2D eigenvalue weighted by molar-refractivity contribution is -0.150. The number of ether oxygens (including phenoxy) is 2. The second-order valence-corrected chi connectivity index (χ2v) is 13.7. The quantitative estimate of drug-likeness (QED) is 0.0512. The van der Waals surface area contributed by atoms with E-state index in [2.05, 4.69) is 27.7 Å². The van der Waals surface area contributed by atoms with Crippen LogP contribution in [0.4, 0.5) is 0 Å². The van der Waals surface area contributed by atoms with E-state index in [4.69, 9.17) is 9.47 Å². The zero-order valence-electron chi connectivity index (χ0n) is 31.2. The molecule has 0 aliphatic rings. The second-order valence-electron chi connectivity index (χ2n) is 13.7. The number of carbonyl (C=O) groups is 2. The first-order chi connectivity index (χ1) is 22.0. The lowest BCUT2D eigenvalue weighted by Gasteiger charge is -2.22. The van der Waals surface area contributed by atoms with E-state index in [1.165, 1.54) is 128 Å². The molecule has 0 aromatic carbocycles. The number of nitrogens with zero attached hydrogens (tertiary/aromatic N) is 1. The van der Waals surface area contributed by atoms with Crippen molar-refractivity contribution in [2.24, 2.45) is 0 Å². The maximum absolute atomic E-state index is 12.7.